The highest BCUT2D eigenvalue weighted by atomic mass is 32.2. The second kappa shape index (κ2) is 6.22. The van der Waals surface area contributed by atoms with E-state index in [1.165, 1.54) is 4.31 Å². The number of sulfonamides is 1. The zero-order valence-electron chi connectivity index (χ0n) is 11.7. The maximum atomic E-state index is 12.6. The summed E-state index contributed by atoms with van der Waals surface area (Å²) >= 11 is 0. The molecule has 112 valence electrons. The monoisotopic (exact) mass is 298 g/mol. The Bertz CT molecular complexity index is 557. The number of aliphatic hydroxyl groups excluding tert-OH is 1. The number of hydrogen-bond acceptors (Lipinski definition) is 4. The Hall–Kier alpha value is -0.950. The molecule has 2 rings (SSSR count). The van der Waals surface area contributed by atoms with Crippen LogP contribution < -0.4 is 5.73 Å². The molecular weight excluding hydrogens is 276 g/mol. The first-order valence-corrected chi connectivity index (χ1v) is 8.35. The van der Waals surface area contributed by atoms with Gasteiger partial charge in [0.1, 0.15) is 0 Å². The van der Waals surface area contributed by atoms with E-state index in [0.717, 1.165) is 12.0 Å². The van der Waals surface area contributed by atoms with Gasteiger partial charge in [-0.3, -0.25) is 0 Å². The first-order valence-electron chi connectivity index (χ1n) is 6.91. The third kappa shape index (κ3) is 3.20. The number of benzene rings is 1. The van der Waals surface area contributed by atoms with E-state index in [2.05, 4.69) is 0 Å². The minimum absolute atomic E-state index is 0.110. The van der Waals surface area contributed by atoms with Gasteiger partial charge in [-0.05, 0) is 43.4 Å². The standard InChI is InChI=1S/C14H22N2O3S/c1-11(15)13-3-2-4-14(9-13)20(18,19)16-7-5-12(10-16)6-8-17/h2-4,9,11-12,17H,5-8,10,15H2,1H3. The molecule has 1 aliphatic heterocycles. The van der Waals surface area contributed by atoms with E-state index in [1.54, 1.807) is 18.2 Å². The van der Waals surface area contributed by atoms with Crippen molar-refractivity contribution in [2.75, 3.05) is 19.7 Å². The highest BCUT2D eigenvalue weighted by Gasteiger charge is 2.32. The molecule has 0 amide bonds. The van der Waals surface area contributed by atoms with Crippen LogP contribution in [0, 0.1) is 5.92 Å². The predicted molar refractivity (Wildman–Crippen MR) is 77.6 cm³/mol. The number of rotatable bonds is 5. The Morgan fingerprint density at radius 3 is 2.90 bits per heavy atom. The Labute approximate surface area is 120 Å². The highest BCUT2D eigenvalue weighted by molar-refractivity contribution is 7.89. The molecule has 2 unspecified atom stereocenters. The fourth-order valence-corrected chi connectivity index (χ4v) is 4.13. The van der Waals surface area contributed by atoms with Crippen LogP contribution >= 0.6 is 0 Å². The first-order chi connectivity index (χ1) is 9.45. The second-order valence-electron chi connectivity index (χ2n) is 5.39. The molecule has 1 aromatic rings. The minimum atomic E-state index is -3.45. The Morgan fingerprint density at radius 2 is 2.25 bits per heavy atom. The molecule has 2 atom stereocenters. The van der Waals surface area contributed by atoms with Gasteiger partial charge in [0.25, 0.3) is 0 Å². The van der Waals surface area contributed by atoms with Crippen LogP contribution in [-0.2, 0) is 10.0 Å². The van der Waals surface area contributed by atoms with Crippen LogP contribution in [0.5, 0.6) is 0 Å². The van der Waals surface area contributed by atoms with Crippen LogP contribution in [0.15, 0.2) is 29.2 Å². The molecule has 1 fully saturated rings. The van der Waals surface area contributed by atoms with E-state index in [4.69, 9.17) is 10.8 Å². The maximum Gasteiger partial charge on any atom is 0.243 e. The lowest BCUT2D eigenvalue weighted by Gasteiger charge is -2.17. The lowest BCUT2D eigenvalue weighted by atomic mass is 10.1. The van der Waals surface area contributed by atoms with Gasteiger partial charge in [0.2, 0.25) is 10.0 Å². The van der Waals surface area contributed by atoms with Gasteiger partial charge >= 0.3 is 0 Å². The number of hydrogen-bond donors (Lipinski definition) is 2. The summed E-state index contributed by atoms with van der Waals surface area (Å²) in [6.07, 6.45) is 1.47. The van der Waals surface area contributed by atoms with Gasteiger partial charge < -0.3 is 10.8 Å². The average molecular weight is 298 g/mol. The largest absolute Gasteiger partial charge is 0.396 e. The van der Waals surface area contributed by atoms with Crippen molar-refractivity contribution in [2.24, 2.45) is 11.7 Å². The summed E-state index contributed by atoms with van der Waals surface area (Å²) < 4.78 is 26.7. The van der Waals surface area contributed by atoms with Gasteiger partial charge in [-0.25, -0.2) is 8.42 Å². The lowest BCUT2D eigenvalue weighted by Crippen LogP contribution is -2.29. The van der Waals surface area contributed by atoms with Crippen molar-refractivity contribution in [1.82, 2.24) is 4.31 Å². The van der Waals surface area contributed by atoms with Gasteiger partial charge in [-0.15, -0.1) is 0 Å². The molecule has 3 N–H and O–H groups in total. The molecule has 0 spiro atoms. The summed E-state index contributed by atoms with van der Waals surface area (Å²) in [5.41, 5.74) is 6.62. The Balaban J connectivity index is 2.21. The summed E-state index contributed by atoms with van der Waals surface area (Å²) in [5.74, 6) is 0.256. The van der Waals surface area contributed by atoms with Crippen molar-refractivity contribution in [1.29, 1.82) is 0 Å². The third-order valence-electron chi connectivity index (χ3n) is 3.81. The molecule has 0 saturated carbocycles. The van der Waals surface area contributed by atoms with Gasteiger partial charge in [0, 0.05) is 25.7 Å². The summed E-state index contributed by atoms with van der Waals surface area (Å²) in [7, 11) is -3.45. The Morgan fingerprint density at radius 1 is 1.50 bits per heavy atom. The lowest BCUT2D eigenvalue weighted by molar-refractivity contribution is 0.259. The SMILES string of the molecule is CC(N)c1cccc(S(=O)(=O)N2CCC(CCO)C2)c1. The molecule has 1 aromatic carbocycles. The van der Waals surface area contributed by atoms with Gasteiger partial charge in [-0.1, -0.05) is 12.1 Å². The van der Waals surface area contributed by atoms with E-state index < -0.39 is 10.0 Å². The van der Waals surface area contributed by atoms with Crippen LogP contribution in [0.3, 0.4) is 0 Å². The third-order valence-corrected chi connectivity index (χ3v) is 5.67. The molecule has 0 bridgehead atoms. The second-order valence-corrected chi connectivity index (χ2v) is 7.33. The van der Waals surface area contributed by atoms with Crippen molar-refractivity contribution < 1.29 is 13.5 Å². The van der Waals surface area contributed by atoms with Crippen molar-refractivity contribution in [3.05, 3.63) is 29.8 Å². The molecule has 1 heterocycles. The van der Waals surface area contributed by atoms with Gasteiger partial charge in [0.05, 0.1) is 4.90 Å². The molecule has 0 aliphatic carbocycles. The molecule has 5 nitrogen and oxygen atoms in total. The molecule has 0 radical (unpaired) electrons. The minimum Gasteiger partial charge on any atom is -0.396 e. The molecule has 6 heteroatoms. The smallest absolute Gasteiger partial charge is 0.243 e. The fraction of sp³-hybridized carbons (Fsp3) is 0.571. The molecule has 20 heavy (non-hydrogen) atoms. The summed E-state index contributed by atoms with van der Waals surface area (Å²) in [5, 5.41) is 8.95. The van der Waals surface area contributed by atoms with Crippen LogP contribution in [0.1, 0.15) is 31.4 Å². The molecule has 1 saturated heterocycles. The van der Waals surface area contributed by atoms with E-state index in [1.807, 2.05) is 13.0 Å². The highest BCUT2D eigenvalue weighted by Crippen LogP contribution is 2.27. The number of aliphatic hydroxyl groups is 1. The van der Waals surface area contributed by atoms with Crippen LogP contribution in [0.2, 0.25) is 0 Å². The van der Waals surface area contributed by atoms with Gasteiger partial charge in [-0.2, -0.15) is 4.31 Å². The van der Waals surface area contributed by atoms with Crippen LogP contribution in [-0.4, -0.2) is 37.5 Å². The number of nitrogens with zero attached hydrogens (tertiary/aromatic N) is 1. The maximum absolute atomic E-state index is 12.6. The quantitative estimate of drug-likeness (QED) is 0.852. The average Bonchev–Trinajstić information content (AvgIpc) is 2.88. The zero-order valence-corrected chi connectivity index (χ0v) is 12.5. The first kappa shape index (κ1) is 15.4. The fourth-order valence-electron chi connectivity index (χ4n) is 2.54. The van der Waals surface area contributed by atoms with E-state index in [0.29, 0.717) is 24.4 Å². The van der Waals surface area contributed by atoms with Gasteiger partial charge in [0.15, 0.2) is 0 Å². The van der Waals surface area contributed by atoms with E-state index in [-0.39, 0.29) is 18.6 Å². The Kier molecular flexibility index (Phi) is 4.80. The summed E-state index contributed by atoms with van der Waals surface area (Å²) in [6.45, 7) is 2.96. The molecular formula is C14H22N2O3S. The number of nitrogens with two attached hydrogens (primary N) is 1. The van der Waals surface area contributed by atoms with E-state index >= 15 is 0 Å². The summed E-state index contributed by atoms with van der Waals surface area (Å²) in [6, 6.07) is 6.64. The van der Waals surface area contributed by atoms with Crippen LogP contribution in [0.4, 0.5) is 0 Å². The van der Waals surface area contributed by atoms with E-state index in [9.17, 15) is 8.42 Å². The summed E-state index contributed by atoms with van der Waals surface area (Å²) in [4.78, 5) is 0.303. The van der Waals surface area contributed by atoms with Crippen molar-refractivity contribution in [3.63, 3.8) is 0 Å². The van der Waals surface area contributed by atoms with Crippen LogP contribution in [0.25, 0.3) is 0 Å². The van der Waals surface area contributed by atoms with Crippen molar-refractivity contribution in [2.45, 2.75) is 30.7 Å². The van der Waals surface area contributed by atoms with Crippen molar-refractivity contribution in [3.8, 4) is 0 Å². The molecule has 0 aromatic heterocycles. The van der Waals surface area contributed by atoms with Crippen molar-refractivity contribution >= 4 is 10.0 Å². The zero-order chi connectivity index (χ0) is 14.8. The predicted octanol–water partition coefficient (Wildman–Crippen LogP) is 1.10. The normalized spacial score (nSPS) is 22.1. The molecule has 1 aliphatic rings. The topological polar surface area (TPSA) is 83.6 Å².